The van der Waals surface area contributed by atoms with Crippen LogP contribution in [-0.4, -0.2) is 28.4 Å². The fourth-order valence-corrected chi connectivity index (χ4v) is 3.41. The Balaban J connectivity index is 1.63. The number of thiophene rings is 1. The summed E-state index contributed by atoms with van der Waals surface area (Å²) in [7, 11) is 0. The topological polar surface area (TPSA) is 56.2 Å². The summed E-state index contributed by atoms with van der Waals surface area (Å²) in [5.74, 6) is 0.868. The van der Waals surface area contributed by atoms with E-state index in [0.29, 0.717) is 13.2 Å². The predicted molar refractivity (Wildman–Crippen MR) is 87.0 cm³/mol. The molecule has 0 aromatic carbocycles. The zero-order valence-electron chi connectivity index (χ0n) is 12.7. The van der Waals surface area contributed by atoms with Gasteiger partial charge in [-0.3, -0.25) is 4.79 Å². The van der Waals surface area contributed by atoms with Gasteiger partial charge < -0.3 is 10.1 Å². The number of hydrogen-bond acceptors (Lipinski definition) is 4. The first-order valence-electron chi connectivity index (χ1n) is 7.71. The number of carbonyl (C=O) groups is 1. The molecule has 1 N–H and O–H groups in total. The molecule has 0 bridgehead atoms. The van der Waals surface area contributed by atoms with Crippen molar-refractivity contribution < 1.29 is 9.53 Å². The minimum Gasteiger partial charge on any atom is -0.378 e. The average molecular weight is 319 g/mol. The standard InChI is InChI=1S/C16H21N3O2S/c1-2-14-9-13(4-7-21-14)16(20)18-15-3-6-17-19(15)10-12-5-8-22-11-12/h3,5-6,8,11,13-14H,2,4,7,9-10H2,1H3,(H,18,20)/t13-,14-/m1/s1. The quantitative estimate of drug-likeness (QED) is 0.921. The summed E-state index contributed by atoms with van der Waals surface area (Å²) >= 11 is 1.66. The van der Waals surface area contributed by atoms with Crippen molar-refractivity contribution >= 4 is 23.1 Å². The zero-order chi connectivity index (χ0) is 15.4. The van der Waals surface area contributed by atoms with Gasteiger partial charge in [0.2, 0.25) is 5.91 Å². The van der Waals surface area contributed by atoms with Gasteiger partial charge in [0.15, 0.2) is 0 Å². The Kier molecular flexibility index (Phi) is 4.90. The van der Waals surface area contributed by atoms with Crippen molar-refractivity contribution in [2.45, 2.75) is 38.8 Å². The van der Waals surface area contributed by atoms with Crippen molar-refractivity contribution in [2.24, 2.45) is 5.92 Å². The van der Waals surface area contributed by atoms with Gasteiger partial charge in [-0.25, -0.2) is 4.68 Å². The lowest BCUT2D eigenvalue weighted by Gasteiger charge is -2.28. The lowest BCUT2D eigenvalue weighted by Crippen LogP contribution is -2.33. The Bertz CT molecular complexity index is 609. The summed E-state index contributed by atoms with van der Waals surface area (Å²) in [6.07, 6.45) is 4.49. The maximum atomic E-state index is 12.5. The van der Waals surface area contributed by atoms with E-state index >= 15 is 0 Å². The Morgan fingerprint density at radius 1 is 1.55 bits per heavy atom. The van der Waals surface area contributed by atoms with Crippen LogP contribution in [0.2, 0.25) is 0 Å². The van der Waals surface area contributed by atoms with Crippen LogP contribution in [0.1, 0.15) is 31.7 Å². The number of nitrogens with zero attached hydrogens (tertiary/aromatic N) is 2. The number of anilines is 1. The van der Waals surface area contributed by atoms with Crippen molar-refractivity contribution in [1.29, 1.82) is 0 Å². The highest BCUT2D eigenvalue weighted by Crippen LogP contribution is 2.23. The van der Waals surface area contributed by atoms with E-state index in [1.807, 2.05) is 16.1 Å². The minimum absolute atomic E-state index is 0.0307. The number of ether oxygens (including phenoxy) is 1. The first-order chi connectivity index (χ1) is 10.8. The first-order valence-corrected chi connectivity index (χ1v) is 8.66. The van der Waals surface area contributed by atoms with Crippen LogP contribution in [0.3, 0.4) is 0 Å². The Hall–Kier alpha value is -1.66. The normalized spacial score (nSPS) is 21.7. The second-order valence-corrected chi connectivity index (χ2v) is 6.40. The van der Waals surface area contributed by atoms with Crippen LogP contribution < -0.4 is 5.32 Å². The van der Waals surface area contributed by atoms with Crippen LogP contribution in [0.4, 0.5) is 5.82 Å². The molecule has 1 aliphatic heterocycles. The van der Waals surface area contributed by atoms with Crippen LogP contribution in [0, 0.1) is 5.92 Å². The molecule has 5 nitrogen and oxygen atoms in total. The summed E-state index contributed by atoms with van der Waals surface area (Å²) < 4.78 is 7.47. The molecule has 3 heterocycles. The summed E-state index contributed by atoms with van der Waals surface area (Å²) in [6.45, 7) is 3.45. The third-order valence-electron chi connectivity index (χ3n) is 4.07. The highest BCUT2D eigenvalue weighted by atomic mass is 32.1. The summed E-state index contributed by atoms with van der Waals surface area (Å²) in [4.78, 5) is 12.5. The van der Waals surface area contributed by atoms with E-state index in [0.717, 1.165) is 25.1 Å². The molecule has 0 aliphatic carbocycles. The maximum absolute atomic E-state index is 12.5. The van der Waals surface area contributed by atoms with Crippen LogP contribution in [0.15, 0.2) is 29.1 Å². The van der Waals surface area contributed by atoms with Gasteiger partial charge in [0, 0.05) is 18.6 Å². The molecule has 118 valence electrons. The molecule has 1 fully saturated rings. The van der Waals surface area contributed by atoms with Crippen molar-refractivity contribution in [3.05, 3.63) is 34.7 Å². The summed E-state index contributed by atoms with van der Waals surface area (Å²) in [5, 5.41) is 11.5. The number of carbonyl (C=O) groups excluding carboxylic acids is 1. The van der Waals surface area contributed by atoms with Gasteiger partial charge in [0.1, 0.15) is 5.82 Å². The van der Waals surface area contributed by atoms with Gasteiger partial charge in [0.05, 0.1) is 18.8 Å². The molecular weight excluding hydrogens is 298 g/mol. The largest absolute Gasteiger partial charge is 0.378 e. The Labute approximate surface area is 134 Å². The molecular formula is C16H21N3O2S. The molecule has 2 aromatic heterocycles. The average Bonchev–Trinajstić information content (AvgIpc) is 3.20. The van der Waals surface area contributed by atoms with Gasteiger partial charge in [-0.2, -0.15) is 16.4 Å². The van der Waals surface area contributed by atoms with Crippen molar-refractivity contribution in [3.8, 4) is 0 Å². The lowest BCUT2D eigenvalue weighted by molar-refractivity contribution is -0.124. The van der Waals surface area contributed by atoms with Gasteiger partial charge in [-0.1, -0.05) is 6.92 Å². The molecule has 6 heteroatoms. The summed E-state index contributed by atoms with van der Waals surface area (Å²) in [5.41, 5.74) is 1.20. The van der Waals surface area contributed by atoms with E-state index in [2.05, 4.69) is 28.8 Å². The first kappa shape index (κ1) is 15.2. The molecule has 0 radical (unpaired) electrons. The van der Waals surface area contributed by atoms with Crippen molar-refractivity contribution in [1.82, 2.24) is 9.78 Å². The minimum atomic E-state index is 0.0307. The van der Waals surface area contributed by atoms with Crippen molar-refractivity contribution in [3.63, 3.8) is 0 Å². The van der Waals surface area contributed by atoms with E-state index in [4.69, 9.17) is 4.74 Å². The van der Waals surface area contributed by atoms with E-state index < -0.39 is 0 Å². The fourth-order valence-electron chi connectivity index (χ4n) is 2.75. The molecule has 1 amide bonds. The molecule has 22 heavy (non-hydrogen) atoms. The molecule has 1 saturated heterocycles. The smallest absolute Gasteiger partial charge is 0.228 e. The number of amides is 1. The highest BCUT2D eigenvalue weighted by Gasteiger charge is 2.27. The van der Waals surface area contributed by atoms with E-state index in [-0.39, 0.29) is 17.9 Å². The molecule has 0 spiro atoms. The maximum Gasteiger partial charge on any atom is 0.228 e. The molecule has 0 unspecified atom stereocenters. The number of aromatic nitrogens is 2. The number of hydrogen-bond donors (Lipinski definition) is 1. The van der Waals surface area contributed by atoms with Crippen molar-refractivity contribution in [2.75, 3.05) is 11.9 Å². The fraction of sp³-hybridized carbons (Fsp3) is 0.500. The second kappa shape index (κ2) is 7.07. The second-order valence-electron chi connectivity index (χ2n) is 5.62. The molecule has 2 aromatic rings. The third-order valence-corrected chi connectivity index (χ3v) is 4.81. The predicted octanol–water partition coefficient (Wildman–Crippen LogP) is 3.14. The van der Waals surface area contributed by atoms with Gasteiger partial charge >= 0.3 is 0 Å². The van der Waals surface area contributed by atoms with Gasteiger partial charge in [-0.15, -0.1) is 0 Å². The highest BCUT2D eigenvalue weighted by molar-refractivity contribution is 7.07. The number of rotatable bonds is 5. The van der Waals surface area contributed by atoms with Crippen LogP contribution >= 0.6 is 11.3 Å². The monoisotopic (exact) mass is 319 g/mol. The van der Waals surface area contributed by atoms with Crippen LogP contribution in [-0.2, 0) is 16.1 Å². The summed E-state index contributed by atoms with van der Waals surface area (Å²) in [6, 6.07) is 3.92. The Morgan fingerprint density at radius 3 is 3.23 bits per heavy atom. The molecule has 0 saturated carbocycles. The molecule has 1 aliphatic rings. The zero-order valence-corrected chi connectivity index (χ0v) is 13.5. The van der Waals surface area contributed by atoms with Gasteiger partial charge in [-0.05, 0) is 41.7 Å². The van der Waals surface area contributed by atoms with Gasteiger partial charge in [0.25, 0.3) is 0 Å². The molecule has 3 rings (SSSR count). The SMILES string of the molecule is CC[C@@H]1C[C@H](C(=O)Nc2ccnn2Cc2ccsc2)CCO1. The Morgan fingerprint density at radius 2 is 2.45 bits per heavy atom. The third kappa shape index (κ3) is 3.56. The van der Waals surface area contributed by atoms with Crippen LogP contribution in [0.25, 0.3) is 0 Å². The van der Waals surface area contributed by atoms with E-state index in [1.54, 1.807) is 17.5 Å². The van der Waals surface area contributed by atoms with E-state index in [1.165, 1.54) is 5.56 Å². The number of nitrogens with one attached hydrogen (secondary N) is 1. The van der Waals surface area contributed by atoms with Crippen LogP contribution in [0.5, 0.6) is 0 Å². The lowest BCUT2D eigenvalue weighted by atomic mass is 9.93. The van der Waals surface area contributed by atoms with E-state index in [9.17, 15) is 4.79 Å². The molecule has 2 atom stereocenters.